The number of likely N-dealkylation sites (tertiary alicyclic amines) is 1. The monoisotopic (exact) mass is 322 g/mol. The van der Waals surface area contributed by atoms with E-state index in [9.17, 15) is 4.79 Å². The third kappa shape index (κ3) is 4.24. The predicted octanol–water partition coefficient (Wildman–Crippen LogP) is 4.48. The molecule has 0 radical (unpaired) electrons. The summed E-state index contributed by atoms with van der Waals surface area (Å²) in [5.74, 6) is 0.736. The number of hydrogen-bond acceptors (Lipinski definition) is 2. The Bertz CT molecular complexity index is 693. The number of carbonyl (C=O) groups excluding carboxylic acids is 1. The van der Waals surface area contributed by atoms with Crippen molar-refractivity contribution in [3.63, 3.8) is 0 Å². The van der Waals surface area contributed by atoms with E-state index in [1.165, 1.54) is 31.5 Å². The van der Waals surface area contributed by atoms with Gasteiger partial charge in [-0.25, -0.2) is 0 Å². The van der Waals surface area contributed by atoms with Gasteiger partial charge in [0.15, 0.2) is 0 Å². The number of anilines is 1. The SMILES string of the molecule is Cc1ccccc1NC(=O)c1ccc(CN2CCC[C@@H](C)C2)cc1. The maximum atomic E-state index is 12.4. The highest BCUT2D eigenvalue weighted by Crippen LogP contribution is 2.19. The second-order valence-corrected chi connectivity index (χ2v) is 6.95. The van der Waals surface area contributed by atoms with E-state index in [1.54, 1.807) is 0 Å². The highest BCUT2D eigenvalue weighted by molar-refractivity contribution is 6.04. The van der Waals surface area contributed by atoms with Crippen LogP contribution in [0.15, 0.2) is 48.5 Å². The first kappa shape index (κ1) is 16.7. The molecule has 1 aliphatic rings. The van der Waals surface area contributed by atoms with Gasteiger partial charge in [0.05, 0.1) is 0 Å². The molecule has 24 heavy (non-hydrogen) atoms. The third-order valence-electron chi connectivity index (χ3n) is 4.76. The second-order valence-electron chi connectivity index (χ2n) is 6.95. The van der Waals surface area contributed by atoms with Gasteiger partial charge in [-0.15, -0.1) is 0 Å². The van der Waals surface area contributed by atoms with Crippen LogP contribution in [0.4, 0.5) is 5.69 Å². The van der Waals surface area contributed by atoms with E-state index in [0.717, 1.165) is 23.7 Å². The largest absolute Gasteiger partial charge is 0.322 e. The molecule has 1 atom stereocenters. The number of nitrogens with zero attached hydrogens (tertiary/aromatic N) is 1. The normalized spacial score (nSPS) is 18.3. The summed E-state index contributed by atoms with van der Waals surface area (Å²) in [4.78, 5) is 14.9. The van der Waals surface area contributed by atoms with E-state index < -0.39 is 0 Å². The molecule has 3 nitrogen and oxygen atoms in total. The molecule has 3 rings (SSSR count). The number of para-hydroxylation sites is 1. The van der Waals surface area contributed by atoms with Gasteiger partial charge in [0.25, 0.3) is 5.91 Å². The second kappa shape index (κ2) is 7.63. The molecule has 0 bridgehead atoms. The van der Waals surface area contributed by atoms with Crippen LogP contribution in [0.1, 0.15) is 41.3 Å². The van der Waals surface area contributed by atoms with Crippen LogP contribution in [0.3, 0.4) is 0 Å². The minimum absolute atomic E-state index is 0.0533. The molecule has 0 aliphatic carbocycles. The van der Waals surface area contributed by atoms with Crippen LogP contribution in [-0.2, 0) is 6.54 Å². The van der Waals surface area contributed by atoms with E-state index in [2.05, 4.69) is 29.3 Å². The molecule has 0 saturated carbocycles. The van der Waals surface area contributed by atoms with Crippen LogP contribution < -0.4 is 5.32 Å². The Morgan fingerprint density at radius 1 is 1.17 bits per heavy atom. The van der Waals surface area contributed by atoms with Crippen LogP contribution in [-0.4, -0.2) is 23.9 Å². The van der Waals surface area contributed by atoms with Crippen molar-refractivity contribution in [1.82, 2.24) is 4.90 Å². The fourth-order valence-corrected chi connectivity index (χ4v) is 3.36. The number of hydrogen-bond donors (Lipinski definition) is 1. The van der Waals surface area contributed by atoms with E-state index in [4.69, 9.17) is 0 Å². The van der Waals surface area contributed by atoms with Crippen LogP contribution in [0.25, 0.3) is 0 Å². The molecule has 1 N–H and O–H groups in total. The molecule has 2 aromatic rings. The van der Waals surface area contributed by atoms with Crippen LogP contribution >= 0.6 is 0 Å². The smallest absolute Gasteiger partial charge is 0.255 e. The van der Waals surface area contributed by atoms with Gasteiger partial charge in [-0.3, -0.25) is 9.69 Å². The van der Waals surface area contributed by atoms with Gasteiger partial charge in [-0.2, -0.15) is 0 Å². The van der Waals surface area contributed by atoms with Crippen LogP contribution in [0.5, 0.6) is 0 Å². The van der Waals surface area contributed by atoms with Crippen molar-refractivity contribution in [3.8, 4) is 0 Å². The third-order valence-corrected chi connectivity index (χ3v) is 4.76. The zero-order valence-corrected chi connectivity index (χ0v) is 14.6. The molecule has 1 amide bonds. The Kier molecular flexibility index (Phi) is 5.31. The van der Waals surface area contributed by atoms with Crippen molar-refractivity contribution in [2.24, 2.45) is 5.92 Å². The van der Waals surface area contributed by atoms with Crippen molar-refractivity contribution in [2.45, 2.75) is 33.2 Å². The quantitative estimate of drug-likeness (QED) is 0.900. The number of carbonyl (C=O) groups is 1. The van der Waals surface area contributed by atoms with E-state index in [1.807, 2.05) is 43.3 Å². The summed E-state index contributed by atoms with van der Waals surface area (Å²) in [7, 11) is 0. The van der Waals surface area contributed by atoms with Gasteiger partial charge in [0, 0.05) is 24.3 Å². The van der Waals surface area contributed by atoms with Crippen molar-refractivity contribution in [2.75, 3.05) is 18.4 Å². The minimum atomic E-state index is -0.0533. The number of rotatable bonds is 4. The summed E-state index contributed by atoms with van der Waals surface area (Å²) >= 11 is 0. The molecule has 0 unspecified atom stereocenters. The zero-order valence-electron chi connectivity index (χ0n) is 14.6. The summed E-state index contributed by atoms with van der Waals surface area (Å²) < 4.78 is 0. The van der Waals surface area contributed by atoms with Crippen LogP contribution in [0, 0.1) is 12.8 Å². The average Bonchev–Trinajstić information content (AvgIpc) is 2.57. The van der Waals surface area contributed by atoms with Crippen molar-refractivity contribution in [1.29, 1.82) is 0 Å². The molecule has 1 heterocycles. The molecular formula is C21H26N2O. The van der Waals surface area contributed by atoms with Gasteiger partial charge < -0.3 is 5.32 Å². The van der Waals surface area contributed by atoms with E-state index in [0.29, 0.717) is 5.56 Å². The molecular weight excluding hydrogens is 296 g/mol. The molecule has 1 saturated heterocycles. The summed E-state index contributed by atoms with van der Waals surface area (Å²) in [5.41, 5.74) is 3.92. The number of benzene rings is 2. The number of aryl methyl sites for hydroxylation is 1. The summed E-state index contributed by atoms with van der Waals surface area (Å²) in [6, 6.07) is 15.8. The van der Waals surface area contributed by atoms with Crippen molar-refractivity contribution < 1.29 is 4.79 Å². The molecule has 3 heteroatoms. The summed E-state index contributed by atoms with van der Waals surface area (Å²) in [5, 5.41) is 2.98. The molecule has 1 fully saturated rings. The maximum absolute atomic E-state index is 12.4. The maximum Gasteiger partial charge on any atom is 0.255 e. The zero-order chi connectivity index (χ0) is 16.9. The first-order valence-electron chi connectivity index (χ1n) is 8.80. The highest BCUT2D eigenvalue weighted by Gasteiger charge is 2.16. The standard InChI is InChI=1S/C21H26N2O/c1-16-6-5-13-23(14-16)15-18-9-11-19(12-10-18)21(24)22-20-8-4-3-7-17(20)2/h3-4,7-12,16H,5-6,13-15H2,1-2H3,(H,22,24)/t16-/m1/s1. The Morgan fingerprint density at radius 2 is 1.92 bits per heavy atom. The predicted molar refractivity (Wildman–Crippen MR) is 99.2 cm³/mol. The van der Waals surface area contributed by atoms with E-state index >= 15 is 0 Å². The fourth-order valence-electron chi connectivity index (χ4n) is 3.36. The molecule has 126 valence electrons. The molecule has 2 aromatic carbocycles. The summed E-state index contributed by atoms with van der Waals surface area (Å²) in [6.45, 7) is 7.66. The number of nitrogens with one attached hydrogen (secondary N) is 1. The minimum Gasteiger partial charge on any atom is -0.322 e. The van der Waals surface area contributed by atoms with Gasteiger partial charge in [-0.1, -0.05) is 37.3 Å². The van der Waals surface area contributed by atoms with Gasteiger partial charge in [0.2, 0.25) is 0 Å². The lowest BCUT2D eigenvalue weighted by Gasteiger charge is -2.30. The van der Waals surface area contributed by atoms with Gasteiger partial charge in [-0.05, 0) is 61.6 Å². The Labute approximate surface area is 144 Å². The Hall–Kier alpha value is -2.13. The Morgan fingerprint density at radius 3 is 2.62 bits per heavy atom. The lowest BCUT2D eigenvalue weighted by molar-refractivity contribution is 0.102. The van der Waals surface area contributed by atoms with Gasteiger partial charge in [0.1, 0.15) is 0 Å². The van der Waals surface area contributed by atoms with Crippen molar-refractivity contribution >= 4 is 11.6 Å². The molecule has 0 aromatic heterocycles. The summed E-state index contributed by atoms with van der Waals surface area (Å²) in [6.07, 6.45) is 2.63. The first-order chi connectivity index (χ1) is 11.6. The first-order valence-corrected chi connectivity index (χ1v) is 8.80. The van der Waals surface area contributed by atoms with Crippen LogP contribution in [0.2, 0.25) is 0 Å². The topological polar surface area (TPSA) is 32.3 Å². The Balaban J connectivity index is 1.61. The number of amides is 1. The van der Waals surface area contributed by atoms with E-state index in [-0.39, 0.29) is 5.91 Å². The average molecular weight is 322 g/mol. The number of piperidine rings is 1. The molecule has 0 spiro atoms. The lowest BCUT2D eigenvalue weighted by atomic mass is 9.99. The van der Waals surface area contributed by atoms with Gasteiger partial charge >= 0.3 is 0 Å². The van der Waals surface area contributed by atoms with Crippen molar-refractivity contribution in [3.05, 3.63) is 65.2 Å². The fraction of sp³-hybridized carbons (Fsp3) is 0.381. The molecule has 1 aliphatic heterocycles. The lowest BCUT2D eigenvalue weighted by Crippen LogP contribution is -2.33. The highest BCUT2D eigenvalue weighted by atomic mass is 16.1.